The van der Waals surface area contributed by atoms with Gasteiger partial charge in [0.1, 0.15) is 17.6 Å². The zero-order valence-corrected chi connectivity index (χ0v) is 22.3. The van der Waals surface area contributed by atoms with Crippen LogP contribution < -0.4 is 4.74 Å². The van der Waals surface area contributed by atoms with Gasteiger partial charge in [0.2, 0.25) is 0 Å². The predicted molar refractivity (Wildman–Crippen MR) is 138 cm³/mol. The van der Waals surface area contributed by atoms with Crippen LogP contribution in [0, 0.1) is 5.82 Å². The lowest BCUT2D eigenvalue weighted by Crippen LogP contribution is -2.32. The van der Waals surface area contributed by atoms with Gasteiger partial charge in [-0.2, -0.15) is 39.5 Å². The molecule has 0 unspecified atom stereocenters. The fourth-order valence-corrected chi connectivity index (χ4v) is 4.57. The Morgan fingerprint density at radius 3 is 2.05 bits per heavy atom. The zero-order valence-electron chi connectivity index (χ0n) is 31.3. The molecule has 1 aliphatic rings. The molecule has 3 aromatic carbocycles. The highest BCUT2D eigenvalue weighted by molar-refractivity contribution is 5.79. The maximum atomic E-state index is 15.8. The minimum atomic E-state index is -5.45. The van der Waals surface area contributed by atoms with Crippen LogP contribution >= 0.6 is 0 Å². The number of carbonyl (C=O) groups is 1. The summed E-state index contributed by atoms with van der Waals surface area (Å²) in [6.45, 7) is -8.43. The van der Waals surface area contributed by atoms with Crippen LogP contribution in [-0.4, -0.2) is 24.1 Å². The molecule has 1 fully saturated rings. The summed E-state index contributed by atoms with van der Waals surface area (Å²) in [5.74, 6) is -6.08. The standard InChI is InChI=1S/C30H25F10NO3/c1-14(2)24-22(31)7-8-23(43-4)25(24)21-6-5-18(28(32,33)34)11-17(21)13-41-15(3)26(44-27(41)42)16-9-19(29(35,36)37)12-20(10-16)30(38,39)40/h5-12,14-15,26H,13H2,1-4H3/t15-,26-/m0/s1/i1D3,2D3,14D,15D,26D. The van der Waals surface area contributed by atoms with Crippen molar-refractivity contribution in [3.05, 3.63) is 87.7 Å². The third-order valence-corrected chi connectivity index (χ3v) is 6.61. The molecular weight excluding hydrogens is 612 g/mol. The quantitative estimate of drug-likeness (QED) is 0.251. The van der Waals surface area contributed by atoms with Gasteiger partial charge in [0, 0.05) is 20.7 Å². The van der Waals surface area contributed by atoms with Crippen molar-refractivity contribution < 1.29 is 70.5 Å². The number of halogens is 10. The van der Waals surface area contributed by atoms with Crippen molar-refractivity contribution in [2.45, 2.75) is 63.7 Å². The molecule has 4 nitrogen and oxygen atoms in total. The Labute approximate surface area is 257 Å². The molecule has 238 valence electrons. The van der Waals surface area contributed by atoms with Gasteiger partial charge in [-0.25, -0.2) is 9.18 Å². The second kappa shape index (κ2) is 11.5. The molecule has 0 radical (unpaired) electrons. The first-order chi connectivity index (χ1) is 23.7. The average molecular weight is 647 g/mol. The summed E-state index contributed by atoms with van der Waals surface area (Å²) in [6.07, 6.45) is -21.3. The van der Waals surface area contributed by atoms with Gasteiger partial charge in [0.25, 0.3) is 0 Å². The fraction of sp³-hybridized carbons (Fsp3) is 0.367. The Morgan fingerprint density at radius 1 is 0.932 bits per heavy atom. The SMILES string of the molecule is [2H]C([2H])([2H])C([2H])(c1c(F)ccc(OC)c1-c1ccc(C(F)(F)F)cc1CN1C(=O)O[C@]([2H])(c2cc(C(F)(F)F)cc(C(F)(F)F)c2)[C@]1([2H])C)C([2H])([2H])[2H]. The topological polar surface area (TPSA) is 38.8 Å². The molecule has 0 spiro atoms. The maximum Gasteiger partial charge on any atom is 0.416 e. The highest BCUT2D eigenvalue weighted by atomic mass is 19.4. The fourth-order valence-electron chi connectivity index (χ4n) is 4.57. The lowest BCUT2D eigenvalue weighted by atomic mass is 9.88. The largest absolute Gasteiger partial charge is 0.496 e. The molecule has 0 saturated carbocycles. The van der Waals surface area contributed by atoms with E-state index < -0.39 is 119 Å². The molecule has 0 bridgehead atoms. The van der Waals surface area contributed by atoms with Crippen LogP contribution in [0.5, 0.6) is 5.75 Å². The molecule has 1 amide bonds. The Morgan fingerprint density at radius 2 is 1.52 bits per heavy atom. The van der Waals surface area contributed by atoms with E-state index in [2.05, 4.69) is 0 Å². The van der Waals surface area contributed by atoms with Gasteiger partial charge in [-0.05, 0) is 72.0 Å². The zero-order chi connectivity index (χ0) is 40.7. The van der Waals surface area contributed by atoms with Gasteiger partial charge in [-0.3, -0.25) is 4.90 Å². The third kappa shape index (κ3) is 6.43. The molecule has 4 rings (SSSR count). The monoisotopic (exact) mass is 646 g/mol. The summed E-state index contributed by atoms with van der Waals surface area (Å²) in [7, 11) is 0.915. The van der Waals surface area contributed by atoms with Gasteiger partial charge < -0.3 is 9.47 Å². The van der Waals surface area contributed by atoms with Gasteiger partial charge in [-0.15, -0.1) is 0 Å². The molecule has 0 N–H and O–H groups in total. The summed E-state index contributed by atoms with van der Waals surface area (Å²) < 4.78 is 224. The minimum Gasteiger partial charge on any atom is -0.496 e. The number of ether oxygens (including phenoxy) is 2. The van der Waals surface area contributed by atoms with E-state index in [-0.39, 0.29) is 23.1 Å². The number of alkyl halides is 9. The number of hydrogen-bond donors (Lipinski definition) is 0. The number of rotatable bonds is 6. The van der Waals surface area contributed by atoms with Crippen molar-refractivity contribution in [3.63, 3.8) is 0 Å². The maximum absolute atomic E-state index is 15.8. The van der Waals surface area contributed by atoms with E-state index in [9.17, 15) is 44.3 Å². The van der Waals surface area contributed by atoms with Crippen molar-refractivity contribution in [2.24, 2.45) is 0 Å². The highest BCUT2D eigenvalue weighted by Crippen LogP contribution is 2.45. The summed E-state index contributed by atoms with van der Waals surface area (Å²) in [4.78, 5) is 13.4. The van der Waals surface area contributed by atoms with Crippen LogP contribution in [0.15, 0.2) is 48.5 Å². The van der Waals surface area contributed by atoms with Crippen LogP contribution in [-0.2, 0) is 29.8 Å². The number of methoxy groups -OCH3 is 1. The van der Waals surface area contributed by atoms with E-state index in [4.69, 9.17) is 21.8 Å². The normalized spacial score (nSPS) is 25.0. The molecule has 1 saturated heterocycles. The van der Waals surface area contributed by atoms with Crippen LogP contribution in [0.4, 0.5) is 48.7 Å². The van der Waals surface area contributed by atoms with E-state index in [1.165, 1.54) is 0 Å². The van der Waals surface area contributed by atoms with Crippen LogP contribution in [0.2, 0.25) is 0 Å². The molecule has 1 heterocycles. The first kappa shape index (κ1) is 22.5. The molecule has 1 aliphatic heterocycles. The summed E-state index contributed by atoms with van der Waals surface area (Å²) in [5.41, 5.74) is -10.5. The lowest BCUT2D eigenvalue weighted by molar-refractivity contribution is -0.143. The van der Waals surface area contributed by atoms with Crippen molar-refractivity contribution in [1.82, 2.24) is 4.90 Å². The molecular formula is C30H25F10NO3. The van der Waals surface area contributed by atoms with Crippen molar-refractivity contribution >= 4 is 6.09 Å². The molecule has 0 aromatic heterocycles. The molecule has 14 heteroatoms. The van der Waals surface area contributed by atoms with E-state index in [0.29, 0.717) is 31.2 Å². The van der Waals surface area contributed by atoms with Gasteiger partial charge in [0.05, 0.1) is 39.1 Å². The van der Waals surface area contributed by atoms with E-state index in [0.717, 1.165) is 13.2 Å². The number of nitrogens with zero attached hydrogens (tertiary/aromatic N) is 1. The summed E-state index contributed by atoms with van der Waals surface area (Å²) in [5, 5.41) is 0. The second-order valence-electron chi connectivity index (χ2n) is 9.41. The molecule has 0 aliphatic carbocycles. The number of cyclic esters (lactones) is 1. The molecule has 3 aromatic rings. The number of carbonyl (C=O) groups excluding carboxylic acids is 1. The minimum absolute atomic E-state index is 0.0167. The second-order valence-corrected chi connectivity index (χ2v) is 9.41. The van der Waals surface area contributed by atoms with Gasteiger partial charge in [0.15, 0.2) is 0 Å². The third-order valence-electron chi connectivity index (χ3n) is 6.61. The van der Waals surface area contributed by atoms with Gasteiger partial charge in [-0.1, -0.05) is 19.8 Å². The van der Waals surface area contributed by atoms with Crippen molar-refractivity contribution in [2.75, 3.05) is 7.11 Å². The number of benzene rings is 3. The van der Waals surface area contributed by atoms with Crippen LogP contribution in [0.1, 0.15) is 78.3 Å². The lowest BCUT2D eigenvalue weighted by Gasteiger charge is -2.25. The average Bonchev–Trinajstić information content (AvgIpc) is 3.17. The Hall–Kier alpha value is -3.97. The van der Waals surface area contributed by atoms with E-state index >= 15 is 4.39 Å². The first-order valence-corrected chi connectivity index (χ1v) is 12.1. The Kier molecular flexibility index (Phi) is 5.89. The van der Waals surface area contributed by atoms with Crippen LogP contribution in [0.25, 0.3) is 11.1 Å². The summed E-state index contributed by atoms with van der Waals surface area (Å²) in [6, 6.07) is -0.752. The Balaban J connectivity index is 2.04. The van der Waals surface area contributed by atoms with E-state index in [1.54, 1.807) is 0 Å². The van der Waals surface area contributed by atoms with Crippen molar-refractivity contribution in [3.8, 4) is 16.9 Å². The number of hydrogen-bond acceptors (Lipinski definition) is 3. The highest BCUT2D eigenvalue weighted by Gasteiger charge is 2.44. The smallest absolute Gasteiger partial charge is 0.416 e. The number of amides is 1. The van der Waals surface area contributed by atoms with E-state index in [1.807, 2.05) is 0 Å². The predicted octanol–water partition coefficient (Wildman–Crippen LogP) is 9.76. The molecule has 2 atom stereocenters. The first-order valence-electron chi connectivity index (χ1n) is 16.6. The van der Waals surface area contributed by atoms with Crippen LogP contribution in [0.3, 0.4) is 0 Å². The summed E-state index contributed by atoms with van der Waals surface area (Å²) >= 11 is 0. The molecule has 44 heavy (non-hydrogen) atoms. The van der Waals surface area contributed by atoms with Crippen molar-refractivity contribution in [1.29, 1.82) is 0 Å². The Bertz CT molecular complexity index is 1880. The van der Waals surface area contributed by atoms with Gasteiger partial charge >= 0.3 is 24.6 Å².